The number of sulfonamides is 1. The molecule has 0 radical (unpaired) electrons. The Hall–Kier alpha value is -3.10. The van der Waals surface area contributed by atoms with Crippen LogP contribution >= 0.6 is 15.9 Å². The molecule has 0 aliphatic rings. The van der Waals surface area contributed by atoms with E-state index in [0.29, 0.717) is 32.8 Å². The summed E-state index contributed by atoms with van der Waals surface area (Å²) in [6.07, 6.45) is 2.77. The second-order valence-electron chi connectivity index (χ2n) is 7.21. The number of amides is 1. The third-order valence-electron chi connectivity index (χ3n) is 5.15. The Balaban J connectivity index is 2.09. The van der Waals surface area contributed by atoms with E-state index in [4.69, 9.17) is 9.47 Å². The molecule has 0 aliphatic carbocycles. The van der Waals surface area contributed by atoms with Crippen molar-refractivity contribution in [2.75, 3.05) is 18.5 Å². The normalized spacial score (nSPS) is 11.4. The Morgan fingerprint density at radius 2 is 1.67 bits per heavy atom. The highest BCUT2D eigenvalue weighted by Gasteiger charge is 2.31. The van der Waals surface area contributed by atoms with Crippen molar-refractivity contribution in [3.8, 4) is 11.5 Å². The van der Waals surface area contributed by atoms with Crippen LogP contribution in [0.2, 0.25) is 0 Å². The van der Waals surface area contributed by atoms with E-state index in [9.17, 15) is 13.2 Å². The van der Waals surface area contributed by atoms with Gasteiger partial charge in [-0.05, 0) is 82.9 Å². The number of benzene rings is 3. The van der Waals surface area contributed by atoms with Gasteiger partial charge in [-0.2, -0.15) is 4.31 Å². The molecule has 0 unspecified atom stereocenters. The number of carbonyl (C=O) groups excluding carboxylic acids is 1. The number of halogens is 1. The Kier molecular flexibility index (Phi) is 7.61. The molecule has 8 heteroatoms. The molecule has 33 heavy (non-hydrogen) atoms. The third-order valence-corrected chi connectivity index (χ3v) is 7.46. The minimum atomic E-state index is -4.15. The van der Waals surface area contributed by atoms with Gasteiger partial charge in [-0.25, -0.2) is 8.42 Å². The van der Waals surface area contributed by atoms with Gasteiger partial charge in [0.2, 0.25) is 0 Å². The summed E-state index contributed by atoms with van der Waals surface area (Å²) in [5, 5.41) is 0. The summed E-state index contributed by atoms with van der Waals surface area (Å²) in [7, 11) is -1.11. The van der Waals surface area contributed by atoms with Gasteiger partial charge in [0.25, 0.3) is 15.9 Å². The first-order chi connectivity index (χ1) is 15.7. The number of aryl methyl sites for hydroxylation is 1. The Morgan fingerprint density at radius 1 is 0.970 bits per heavy atom. The van der Waals surface area contributed by atoms with Crippen LogP contribution in [0.3, 0.4) is 0 Å². The van der Waals surface area contributed by atoms with Gasteiger partial charge in [0.15, 0.2) is 11.5 Å². The van der Waals surface area contributed by atoms with Crippen LogP contribution < -0.4 is 13.8 Å². The molecule has 0 saturated heterocycles. The van der Waals surface area contributed by atoms with Crippen molar-refractivity contribution in [3.05, 3.63) is 87.9 Å². The van der Waals surface area contributed by atoms with E-state index in [1.165, 1.54) is 38.5 Å². The molecule has 172 valence electrons. The van der Waals surface area contributed by atoms with Gasteiger partial charge in [-0.15, -0.1) is 0 Å². The first-order valence-corrected chi connectivity index (χ1v) is 12.2. The molecule has 3 aromatic rings. The van der Waals surface area contributed by atoms with Crippen LogP contribution in [0.25, 0.3) is 6.08 Å². The second-order valence-corrected chi connectivity index (χ2v) is 9.85. The average molecular weight is 530 g/mol. The van der Waals surface area contributed by atoms with Gasteiger partial charge in [0.1, 0.15) is 0 Å². The van der Waals surface area contributed by atoms with Crippen LogP contribution in [0.4, 0.5) is 5.69 Å². The van der Waals surface area contributed by atoms with Gasteiger partial charge in [-0.3, -0.25) is 4.79 Å². The maximum absolute atomic E-state index is 13.5. The number of hydrogen-bond donors (Lipinski definition) is 0. The number of anilines is 1. The summed E-state index contributed by atoms with van der Waals surface area (Å²) in [6.45, 7) is 3.66. The zero-order valence-corrected chi connectivity index (χ0v) is 21.1. The van der Waals surface area contributed by atoms with E-state index < -0.39 is 15.9 Å². The lowest BCUT2D eigenvalue weighted by Crippen LogP contribution is -2.36. The molecule has 0 heterocycles. The highest BCUT2D eigenvalue weighted by Crippen LogP contribution is 2.37. The van der Waals surface area contributed by atoms with Crippen LogP contribution in [0, 0.1) is 13.8 Å². The van der Waals surface area contributed by atoms with E-state index in [-0.39, 0.29) is 4.90 Å². The standard InChI is InChI=1S/C25H24BrNO5S/c1-17-9-8-12-22(18(17)2)27(33(29,30)20-10-6-5-7-11-20)24(28)14-13-19-15-21(26)25(32-4)23(16-19)31-3/h5-16H,1-4H3/b14-13+. The fraction of sp³-hybridized carbons (Fsp3) is 0.160. The van der Waals surface area contributed by atoms with E-state index in [2.05, 4.69) is 15.9 Å². The summed E-state index contributed by atoms with van der Waals surface area (Å²) in [6, 6.07) is 16.6. The smallest absolute Gasteiger partial charge is 0.271 e. The molecule has 0 spiro atoms. The number of carbonyl (C=O) groups is 1. The molecule has 3 rings (SSSR count). The molecule has 3 aromatic carbocycles. The van der Waals surface area contributed by atoms with Gasteiger partial charge in [0, 0.05) is 6.08 Å². The summed E-state index contributed by atoms with van der Waals surface area (Å²) in [4.78, 5) is 13.4. The van der Waals surface area contributed by atoms with Crippen LogP contribution in [-0.2, 0) is 14.8 Å². The molecule has 0 fully saturated rings. The number of hydrogen-bond acceptors (Lipinski definition) is 5. The van der Waals surface area contributed by atoms with Crippen molar-refractivity contribution in [1.29, 1.82) is 0 Å². The lowest BCUT2D eigenvalue weighted by atomic mass is 10.1. The maximum atomic E-state index is 13.5. The largest absolute Gasteiger partial charge is 0.493 e. The number of rotatable bonds is 7. The Labute approximate surface area is 202 Å². The highest BCUT2D eigenvalue weighted by atomic mass is 79.9. The molecule has 0 aromatic heterocycles. The van der Waals surface area contributed by atoms with Gasteiger partial charge in [-0.1, -0.05) is 30.3 Å². The number of ether oxygens (including phenoxy) is 2. The highest BCUT2D eigenvalue weighted by molar-refractivity contribution is 9.10. The van der Waals surface area contributed by atoms with E-state index >= 15 is 0 Å². The van der Waals surface area contributed by atoms with Crippen molar-refractivity contribution in [1.82, 2.24) is 0 Å². The van der Waals surface area contributed by atoms with E-state index in [0.717, 1.165) is 9.87 Å². The van der Waals surface area contributed by atoms with Crippen LogP contribution in [0.15, 0.2) is 76.1 Å². The first-order valence-electron chi connectivity index (χ1n) is 10.0. The molecular weight excluding hydrogens is 506 g/mol. The SMILES string of the molecule is COc1cc(/C=C/C(=O)N(c2cccc(C)c2C)S(=O)(=O)c2ccccc2)cc(Br)c1OC. The third kappa shape index (κ3) is 5.12. The molecule has 0 saturated carbocycles. The minimum Gasteiger partial charge on any atom is -0.493 e. The molecule has 1 amide bonds. The van der Waals surface area contributed by atoms with Gasteiger partial charge >= 0.3 is 0 Å². The lowest BCUT2D eigenvalue weighted by molar-refractivity contribution is -0.113. The fourth-order valence-electron chi connectivity index (χ4n) is 3.29. The summed E-state index contributed by atoms with van der Waals surface area (Å²) >= 11 is 3.42. The number of methoxy groups -OCH3 is 2. The zero-order valence-electron chi connectivity index (χ0n) is 18.7. The topological polar surface area (TPSA) is 72.9 Å². The monoisotopic (exact) mass is 529 g/mol. The van der Waals surface area contributed by atoms with E-state index in [1.54, 1.807) is 49.4 Å². The predicted molar refractivity (Wildman–Crippen MR) is 133 cm³/mol. The van der Waals surface area contributed by atoms with Crippen LogP contribution in [0.1, 0.15) is 16.7 Å². The first kappa shape index (κ1) is 24.5. The molecule has 0 atom stereocenters. The Bertz CT molecular complexity index is 1300. The quantitative estimate of drug-likeness (QED) is 0.377. The summed E-state index contributed by atoms with van der Waals surface area (Å²) in [5.41, 5.74) is 2.52. The second kappa shape index (κ2) is 10.2. The molecular formula is C25H24BrNO5S. The average Bonchev–Trinajstić information content (AvgIpc) is 2.80. The molecule has 0 aliphatic heterocycles. The summed E-state index contributed by atoms with van der Waals surface area (Å²) < 4.78 is 39.2. The number of nitrogens with zero attached hydrogens (tertiary/aromatic N) is 1. The zero-order chi connectivity index (χ0) is 24.2. The van der Waals surface area contributed by atoms with Crippen molar-refractivity contribution < 1.29 is 22.7 Å². The maximum Gasteiger partial charge on any atom is 0.271 e. The van der Waals surface area contributed by atoms with E-state index in [1.807, 2.05) is 13.0 Å². The summed E-state index contributed by atoms with van der Waals surface area (Å²) in [5.74, 6) is 0.297. The van der Waals surface area contributed by atoms with Crippen LogP contribution in [-0.4, -0.2) is 28.5 Å². The fourth-order valence-corrected chi connectivity index (χ4v) is 5.38. The van der Waals surface area contributed by atoms with Crippen molar-refractivity contribution >= 4 is 43.6 Å². The predicted octanol–water partition coefficient (Wildman–Crippen LogP) is 5.52. The van der Waals surface area contributed by atoms with Crippen LogP contribution in [0.5, 0.6) is 11.5 Å². The Morgan fingerprint density at radius 3 is 2.30 bits per heavy atom. The van der Waals surface area contributed by atoms with Crippen molar-refractivity contribution in [2.45, 2.75) is 18.7 Å². The molecule has 0 bridgehead atoms. The lowest BCUT2D eigenvalue weighted by Gasteiger charge is -2.24. The van der Waals surface area contributed by atoms with Gasteiger partial charge < -0.3 is 9.47 Å². The minimum absolute atomic E-state index is 0.0292. The van der Waals surface area contributed by atoms with Crippen molar-refractivity contribution in [2.24, 2.45) is 0 Å². The molecule has 0 N–H and O–H groups in total. The van der Waals surface area contributed by atoms with Crippen molar-refractivity contribution in [3.63, 3.8) is 0 Å². The van der Waals surface area contributed by atoms with Gasteiger partial charge in [0.05, 0.1) is 29.3 Å². The molecule has 6 nitrogen and oxygen atoms in total.